The number of tetrazole rings is 1. The summed E-state index contributed by atoms with van der Waals surface area (Å²) < 4.78 is 7.26. The van der Waals surface area contributed by atoms with E-state index < -0.39 is 5.97 Å². The number of amides is 1. The van der Waals surface area contributed by atoms with Crippen LogP contribution in [0.1, 0.15) is 57.8 Å². The summed E-state index contributed by atoms with van der Waals surface area (Å²) in [6.45, 7) is 2.57. The molecule has 0 bridgehead atoms. The number of carboxylic acids is 1. The maximum Gasteiger partial charge on any atom is 0.335 e. The number of aromatic carboxylic acids is 1. The van der Waals surface area contributed by atoms with Crippen LogP contribution in [0, 0.1) is 0 Å². The fourth-order valence-electron chi connectivity index (χ4n) is 3.43. The molecular weight excluding hydrogens is 426 g/mol. The third-order valence-electron chi connectivity index (χ3n) is 5.17. The largest absolute Gasteiger partial charge is 0.478 e. The first-order valence-corrected chi connectivity index (χ1v) is 10.5. The molecule has 0 atom stereocenters. The number of benzene rings is 1. The summed E-state index contributed by atoms with van der Waals surface area (Å²) >= 11 is 0. The number of carboxylic acid groups (broad SMARTS) is 1. The summed E-state index contributed by atoms with van der Waals surface area (Å²) in [4.78, 5) is 30.7. The van der Waals surface area contributed by atoms with Crippen LogP contribution in [0.2, 0.25) is 0 Å². The molecule has 0 saturated heterocycles. The Labute approximate surface area is 189 Å². The molecule has 0 aliphatic heterocycles. The molecule has 4 aromatic rings. The van der Waals surface area contributed by atoms with Crippen LogP contribution in [0.25, 0.3) is 0 Å². The van der Waals surface area contributed by atoms with Crippen LogP contribution in [0.4, 0.5) is 5.95 Å². The minimum Gasteiger partial charge on any atom is -0.478 e. The number of anilines is 1. The lowest BCUT2D eigenvalue weighted by atomic mass is 10.1. The first-order chi connectivity index (χ1) is 16.1. The maximum atomic E-state index is 13.6. The van der Waals surface area contributed by atoms with Crippen molar-refractivity contribution in [2.45, 2.75) is 39.3 Å². The zero-order valence-electron chi connectivity index (χ0n) is 18.0. The molecule has 0 fully saturated rings. The molecule has 0 aliphatic carbocycles. The molecule has 170 valence electrons. The van der Waals surface area contributed by atoms with Gasteiger partial charge in [0.15, 0.2) is 0 Å². The van der Waals surface area contributed by atoms with Gasteiger partial charge in [-0.3, -0.25) is 9.69 Å². The molecule has 11 heteroatoms. The molecule has 0 unspecified atom stereocenters. The van der Waals surface area contributed by atoms with E-state index in [1.54, 1.807) is 42.6 Å². The highest BCUT2D eigenvalue weighted by Gasteiger charge is 2.27. The van der Waals surface area contributed by atoms with Crippen LogP contribution >= 0.6 is 0 Å². The van der Waals surface area contributed by atoms with E-state index in [0.29, 0.717) is 24.4 Å². The highest BCUT2D eigenvalue weighted by Crippen LogP contribution is 2.19. The summed E-state index contributed by atoms with van der Waals surface area (Å²) in [5.74, 6) is 0.107. The van der Waals surface area contributed by atoms with Gasteiger partial charge in [-0.05, 0) is 41.5 Å². The molecule has 0 spiro atoms. The number of furan rings is 1. The van der Waals surface area contributed by atoms with Gasteiger partial charge in [0.1, 0.15) is 17.3 Å². The van der Waals surface area contributed by atoms with Crippen molar-refractivity contribution in [3.05, 3.63) is 77.3 Å². The number of nitrogens with zero attached hydrogens (tertiary/aromatic N) is 6. The zero-order valence-corrected chi connectivity index (χ0v) is 18.0. The number of carbonyl (C=O) groups is 2. The van der Waals surface area contributed by atoms with Crippen molar-refractivity contribution < 1.29 is 19.1 Å². The Morgan fingerprint density at radius 3 is 2.67 bits per heavy atom. The molecule has 1 amide bonds. The molecule has 33 heavy (non-hydrogen) atoms. The number of imidazole rings is 1. The van der Waals surface area contributed by atoms with E-state index in [4.69, 9.17) is 9.52 Å². The van der Waals surface area contributed by atoms with Crippen molar-refractivity contribution in [3.63, 3.8) is 0 Å². The third kappa shape index (κ3) is 4.97. The second-order valence-corrected chi connectivity index (χ2v) is 7.43. The first kappa shape index (κ1) is 21.9. The fraction of sp³-hybridized carbons (Fsp3) is 0.273. The van der Waals surface area contributed by atoms with Gasteiger partial charge in [0, 0.05) is 13.0 Å². The number of nitrogens with one attached hydrogen (secondary N) is 1. The normalized spacial score (nSPS) is 10.9. The van der Waals surface area contributed by atoms with Gasteiger partial charge < -0.3 is 14.1 Å². The van der Waals surface area contributed by atoms with E-state index in [2.05, 4.69) is 32.5 Å². The number of aromatic amines is 1. The van der Waals surface area contributed by atoms with Crippen molar-refractivity contribution in [2.24, 2.45) is 0 Å². The van der Waals surface area contributed by atoms with Crippen molar-refractivity contribution in [2.75, 3.05) is 4.90 Å². The predicted octanol–water partition coefficient (Wildman–Crippen LogP) is 2.93. The Bertz CT molecular complexity index is 1200. The highest BCUT2D eigenvalue weighted by atomic mass is 16.4. The molecule has 0 aliphatic rings. The van der Waals surface area contributed by atoms with Crippen LogP contribution in [-0.4, -0.2) is 47.2 Å². The molecule has 3 aromatic heterocycles. The van der Waals surface area contributed by atoms with Gasteiger partial charge in [0.2, 0.25) is 0 Å². The van der Waals surface area contributed by atoms with E-state index in [1.807, 2.05) is 4.57 Å². The Hall–Kier alpha value is -4.28. The number of aryl methyl sites for hydroxylation is 1. The van der Waals surface area contributed by atoms with E-state index in [0.717, 1.165) is 24.2 Å². The van der Waals surface area contributed by atoms with Crippen molar-refractivity contribution in [3.8, 4) is 0 Å². The lowest BCUT2D eigenvalue weighted by Gasteiger charge is -2.19. The number of H-pyrrole nitrogens is 1. The van der Waals surface area contributed by atoms with Crippen molar-refractivity contribution >= 4 is 17.8 Å². The van der Waals surface area contributed by atoms with Crippen LogP contribution in [0.3, 0.4) is 0 Å². The maximum absolute atomic E-state index is 13.6. The quantitative estimate of drug-likeness (QED) is 0.376. The number of hydrogen-bond acceptors (Lipinski definition) is 7. The molecule has 1 aromatic carbocycles. The average Bonchev–Trinajstić information content (AvgIpc) is 3.59. The van der Waals surface area contributed by atoms with Crippen LogP contribution in [-0.2, 0) is 19.5 Å². The number of aromatic nitrogens is 6. The summed E-state index contributed by atoms with van der Waals surface area (Å²) in [5, 5.41) is 23.0. The second kappa shape index (κ2) is 9.90. The molecule has 3 heterocycles. The van der Waals surface area contributed by atoms with Crippen LogP contribution in [0.15, 0.2) is 53.3 Å². The molecule has 4 rings (SSSR count). The van der Waals surface area contributed by atoms with Gasteiger partial charge in [-0.15, -0.1) is 5.10 Å². The zero-order chi connectivity index (χ0) is 23.2. The minimum absolute atomic E-state index is 0.116. The number of unbranched alkanes of at least 4 members (excludes halogenated alkanes) is 1. The summed E-state index contributed by atoms with van der Waals surface area (Å²) in [6.07, 6.45) is 5.69. The topological polar surface area (TPSA) is 143 Å². The minimum atomic E-state index is -0.989. The number of carbonyl (C=O) groups excluding carboxylic acids is 1. The smallest absolute Gasteiger partial charge is 0.335 e. The average molecular weight is 449 g/mol. The van der Waals surface area contributed by atoms with E-state index in [1.165, 1.54) is 11.2 Å². The lowest BCUT2D eigenvalue weighted by Crippen LogP contribution is -2.33. The molecule has 0 radical (unpaired) electrons. The SMILES string of the molecule is CCCCc1ncc(C(=O)N(Cc2ccco2)c2nn[nH]n2)n1Cc1ccc(C(=O)O)cc1. The first-order valence-electron chi connectivity index (χ1n) is 10.5. The summed E-state index contributed by atoms with van der Waals surface area (Å²) in [6, 6.07) is 10.1. The Balaban J connectivity index is 1.68. The highest BCUT2D eigenvalue weighted by molar-refractivity contribution is 6.03. The molecule has 11 nitrogen and oxygen atoms in total. The molecular formula is C22H23N7O4. The standard InChI is InChI=1S/C22H23N7O4/c1-2-3-6-19-23-12-18(28(19)13-15-7-9-16(10-8-15)21(31)32)20(30)29(22-24-26-27-25-22)14-17-5-4-11-33-17/h4-5,7-12H,2-3,6,13-14H2,1H3,(H,31,32)(H,24,25,26,27). The predicted molar refractivity (Wildman–Crippen MR) is 117 cm³/mol. The molecule has 0 saturated carbocycles. The van der Waals surface area contributed by atoms with Gasteiger partial charge in [-0.1, -0.05) is 30.6 Å². The van der Waals surface area contributed by atoms with Gasteiger partial charge in [0.25, 0.3) is 11.9 Å². The van der Waals surface area contributed by atoms with Crippen molar-refractivity contribution in [1.82, 2.24) is 30.2 Å². The van der Waals surface area contributed by atoms with Crippen molar-refractivity contribution in [1.29, 1.82) is 0 Å². The third-order valence-corrected chi connectivity index (χ3v) is 5.17. The summed E-state index contributed by atoms with van der Waals surface area (Å²) in [5.41, 5.74) is 1.41. The second-order valence-electron chi connectivity index (χ2n) is 7.43. The van der Waals surface area contributed by atoms with Gasteiger partial charge in [0.05, 0.1) is 24.6 Å². The summed E-state index contributed by atoms with van der Waals surface area (Å²) in [7, 11) is 0. The fourth-order valence-corrected chi connectivity index (χ4v) is 3.43. The van der Waals surface area contributed by atoms with Crippen LogP contribution in [0.5, 0.6) is 0 Å². The molecule has 2 N–H and O–H groups in total. The Kier molecular flexibility index (Phi) is 6.58. The van der Waals surface area contributed by atoms with E-state index in [9.17, 15) is 9.59 Å². The van der Waals surface area contributed by atoms with E-state index >= 15 is 0 Å². The van der Waals surface area contributed by atoms with Gasteiger partial charge >= 0.3 is 5.97 Å². The Morgan fingerprint density at radius 2 is 2.03 bits per heavy atom. The van der Waals surface area contributed by atoms with Gasteiger partial charge in [-0.2, -0.15) is 5.21 Å². The number of hydrogen-bond donors (Lipinski definition) is 2. The number of rotatable bonds is 10. The lowest BCUT2D eigenvalue weighted by molar-refractivity contribution is 0.0696. The van der Waals surface area contributed by atoms with Crippen LogP contribution < -0.4 is 4.90 Å². The Morgan fingerprint density at radius 1 is 1.21 bits per heavy atom. The van der Waals surface area contributed by atoms with E-state index in [-0.39, 0.29) is 24.0 Å². The van der Waals surface area contributed by atoms with Gasteiger partial charge in [-0.25, -0.2) is 9.78 Å². The monoisotopic (exact) mass is 449 g/mol.